The maximum absolute atomic E-state index is 12.9. The summed E-state index contributed by atoms with van der Waals surface area (Å²) in [6, 6.07) is 0. The largest absolute Gasteiger partial charge is 0.342 e. The zero-order chi connectivity index (χ0) is 20.4. The number of nitrogens with one attached hydrogen (secondary N) is 1. The fourth-order valence-corrected chi connectivity index (χ4v) is 4.43. The van der Waals surface area contributed by atoms with E-state index in [2.05, 4.69) is 20.5 Å². The first-order valence-electron chi connectivity index (χ1n) is 8.73. The molecule has 3 aromatic rings. The molecule has 0 unspecified atom stereocenters. The van der Waals surface area contributed by atoms with Gasteiger partial charge in [-0.2, -0.15) is 0 Å². The molecule has 11 heteroatoms. The lowest BCUT2D eigenvalue weighted by Crippen LogP contribution is -2.36. The van der Waals surface area contributed by atoms with E-state index in [1.54, 1.807) is 18.7 Å². The predicted molar refractivity (Wildman–Crippen MR) is 109 cm³/mol. The summed E-state index contributed by atoms with van der Waals surface area (Å²) in [7, 11) is 0. The predicted octanol–water partition coefficient (Wildman–Crippen LogP) is 2.05. The summed E-state index contributed by atoms with van der Waals surface area (Å²) in [5, 5.41) is 11.9. The number of likely N-dealkylation sites (N-methyl/N-ethyl adjacent to an activating group) is 1. The van der Waals surface area contributed by atoms with E-state index >= 15 is 0 Å². The summed E-state index contributed by atoms with van der Waals surface area (Å²) >= 11 is 2.41. The summed E-state index contributed by atoms with van der Waals surface area (Å²) in [5.41, 5.74) is 0.214. The molecule has 3 aromatic heterocycles. The average molecular weight is 421 g/mol. The maximum atomic E-state index is 12.9. The summed E-state index contributed by atoms with van der Waals surface area (Å²) < 4.78 is 1.29. The maximum Gasteiger partial charge on any atom is 0.267 e. The average Bonchev–Trinajstić information content (AvgIpc) is 3.22. The first-order valence-corrected chi connectivity index (χ1v) is 10.4. The molecule has 28 heavy (non-hydrogen) atoms. The molecule has 0 aliphatic heterocycles. The number of amides is 2. The van der Waals surface area contributed by atoms with Gasteiger partial charge in [0.05, 0.1) is 16.6 Å². The third-order valence-corrected chi connectivity index (χ3v) is 6.24. The minimum absolute atomic E-state index is 0.0790. The van der Waals surface area contributed by atoms with Crippen LogP contribution in [0.25, 0.3) is 10.2 Å². The van der Waals surface area contributed by atoms with Crippen LogP contribution in [-0.2, 0) is 11.3 Å². The van der Waals surface area contributed by atoms with Crippen molar-refractivity contribution in [1.82, 2.24) is 24.6 Å². The number of aromatic nitrogens is 4. The van der Waals surface area contributed by atoms with Gasteiger partial charge in [0.15, 0.2) is 0 Å². The monoisotopic (exact) mass is 420 g/mol. The van der Waals surface area contributed by atoms with Gasteiger partial charge in [0, 0.05) is 13.1 Å². The van der Waals surface area contributed by atoms with E-state index in [4.69, 9.17) is 0 Å². The number of rotatable bonds is 6. The van der Waals surface area contributed by atoms with Crippen LogP contribution < -0.4 is 10.9 Å². The van der Waals surface area contributed by atoms with E-state index < -0.39 is 0 Å². The molecule has 0 aromatic carbocycles. The van der Waals surface area contributed by atoms with Crippen molar-refractivity contribution in [2.75, 3.05) is 18.4 Å². The molecule has 0 atom stereocenters. The van der Waals surface area contributed by atoms with Gasteiger partial charge in [-0.15, -0.1) is 21.5 Å². The Kier molecular flexibility index (Phi) is 5.84. The molecule has 3 rings (SSSR count). The summed E-state index contributed by atoms with van der Waals surface area (Å²) in [6.45, 7) is 8.35. The number of anilines is 1. The molecule has 2 amide bonds. The van der Waals surface area contributed by atoms with Crippen molar-refractivity contribution < 1.29 is 9.59 Å². The highest BCUT2D eigenvalue weighted by molar-refractivity contribution is 7.21. The van der Waals surface area contributed by atoms with Crippen molar-refractivity contribution in [3.8, 4) is 0 Å². The minimum atomic E-state index is -0.359. The third kappa shape index (κ3) is 3.80. The van der Waals surface area contributed by atoms with Crippen LogP contribution in [0.1, 0.15) is 34.1 Å². The second-order valence-corrected chi connectivity index (χ2v) is 8.24. The third-order valence-electron chi connectivity index (χ3n) is 4.29. The fraction of sp³-hybridized carbons (Fsp3) is 0.412. The molecule has 1 N–H and O–H groups in total. The second-order valence-electron chi connectivity index (χ2n) is 6.06. The van der Waals surface area contributed by atoms with Crippen LogP contribution in [0.4, 0.5) is 5.13 Å². The number of carbonyl (C=O) groups excluding carboxylic acids is 2. The molecule has 0 saturated heterocycles. The van der Waals surface area contributed by atoms with Crippen molar-refractivity contribution >= 4 is 49.8 Å². The standard InChI is InChI=1S/C17H20N6O3S2/c1-5-22(6-2)11(24)7-23-8-18-15-12(16(23)26)9(3)13(28-15)14(25)19-17-21-20-10(4)27-17/h8H,5-7H2,1-4H3,(H,19,21,25). The van der Waals surface area contributed by atoms with Crippen molar-refractivity contribution in [2.45, 2.75) is 34.2 Å². The molecule has 0 aliphatic carbocycles. The van der Waals surface area contributed by atoms with Crippen molar-refractivity contribution in [3.05, 3.63) is 32.1 Å². The number of thiophene rings is 1. The van der Waals surface area contributed by atoms with Gasteiger partial charge in [-0.25, -0.2) is 4.98 Å². The van der Waals surface area contributed by atoms with Crippen LogP contribution >= 0.6 is 22.7 Å². The lowest BCUT2D eigenvalue weighted by atomic mass is 10.2. The van der Waals surface area contributed by atoms with E-state index in [-0.39, 0.29) is 23.9 Å². The van der Waals surface area contributed by atoms with E-state index in [9.17, 15) is 14.4 Å². The van der Waals surface area contributed by atoms with Gasteiger partial charge in [-0.05, 0) is 33.3 Å². The number of aryl methyl sites for hydroxylation is 2. The Morgan fingerprint density at radius 3 is 2.50 bits per heavy atom. The first kappa shape index (κ1) is 20.1. The van der Waals surface area contributed by atoms with Crippen LogP contribution in [0.15, 0.2) is 11.1 Å². The highest BCUT2D eigenvalue weighted by atomic mass is 32.1. The summed E-state index contributed by atoms with van der Waals surface area (Å²) in [4.78, 5) is 44.6. The molecule has 0 spiro atoms. The highest BCUT2D eigenvalue weighted by Crippen LogP contribution is 2.28. The SMILES string of the molecule is CCN(CC)C(=O)Cn1cnc2sc(C(=O)Nc3nnc(C)s3)c(C)c2c1=O. The molecule has 0 saturated carbocycles. The molecule has 148 valence electrons. The zero-order valence-corrected chi connectivity index (χ0v) is 17.6. The van der Waals surface area contributed by atoms with Crippen LogP contribution in [0, 0.1) is 13.8 Å². The van der Waals surface area contributed by atoms with Gasteiger partial charge in [0.25, 0.3) is 11.5 Å². The number of fused-ring (bicyclic) bond motifs is 1. The minimum Gasteiger partial charge on any atom is -0.342 e. The molecule has 0 radical (unpaired) electrons. The van der Waals surface area contributed by atoms with Crippen molar-refractivity contribution in [1.29, 1.82) is 0 Å². The van der Waals surface area contributed by atoms with E-state index in [1.807, 2.05) is 13.8 Å². The number of nitrogens with zero attached hydrogens (tertiary/aromatic N) is 5. The zero-order valence-electron chi connectivity index (χ0n) is 16.0. The van der Waals surface area contributed by atoms with Gasteiger partial charge < -0.3 is 4.90 Å². The van der Waals surface area contributed by atoms with Crippen LogP contribution in [0.5, 0.6) is 0 Å². The Balaban J connectivity index is 1.93. The van der Waals surface area contributed by atoms with Gasteiger partial charge >= 0.3 is 0 Å². The molecule has 3 heterocycles. The van der Waals surface area contributed by atoms with Crippen LogP contribution in [0.2, 0.25) is 0 Å². The van der Waals surface area contributed by atoms with Gasteiger partial charge in [0.2, 0.25) is 11.0 Å². The van der Waals surface area contributed by atoms with Gasteiger partial charge in [-0.1, -0.05) is 11.3 Å². The molecule has 0 bridgehead atoms. The normalized spacial score (nSPS) is 11.0. The Hall–Kier alpha value is -2.66. The lowest BCUT2D eigenvalue weighted by molar-refractivity contribution is -0.131. The van der Waals surface area contributed by atoms with Crippen LogP contribution in [0.3, 0.4) is 0 Å². The molecular weight excluding hydrogens is 400 g/mol. The topological polar surface area (TPSA) is 110 Å². The first-order chi connectivity index (χ1) is 13.3. The summed E-state index contributed by atoms with van der Waals surface area (Å²) in [5.74, 6) is -0.507. The number of carbonyl (C=O) groups is 2. The lowest BCUT2D eigenvalue weighted by Gasteiger charge is -2.18. The van der Waals surface area contributed by atoms with Crippen molar-refractivity contribution in [3.63, 3.8) is 0 Å². The van der Waals surface area contributed by atoms with E-state index in [1.165, 1.54) is 22.2 Å². The number of hydrogen-bond acceptors (Lipinski definition) is 8. The Morgan fingerprint density at radius 2 is 1.89 bits per heavy atom. The smallest absolute Gasteiger partial charge is 0.267 e. The summed E-state index contributed by atoms with van der Waals surface area (Å²) in [6.07, 6.45) is 1.36. The van der Waals surface area contributed by atoms with E-state index in [0.29, 0.717) is 38.9 Å². The quantitative estimate of drug-likeness (QED) is 0.653. The van der Waals surface area contributed by atoms with Crippen molar-refractivity contribution in [2.24, 2.45) is 0 Å². The Bertz CT molecular complexity index is 1100. The highest BCUT2D eigenvalue weighted by Gasteiger charge is 2.21. The van der Waals surface area contributed by atoms with E-state index in [0.717, 1.165) is 16.3 Å². The van der Waals surface area contributed by atoms with Crippen LogP contribution in [-0.4, -0.2) is 49.6 Å². The molecule has 9 nitrogen and oxygen atoms in total. The molecule has 0 fully saturated rings. The second kappa shape index (κ2) is 8.15. The Labute approximate surface area is 169 Å². The molecule has 0 aliphatic rings. The van der Waals surface area contributed by atoms with Gasteiger partial charge in [0.1, 0.15) is 16.4 Å². The van der Waals surface area contributed by atoms with Gasteiger partial charge in [-0.3, -0.25) is 24.3 Å². The fourth-order valence-electron chi connectivity index (χ4n) is 2.81. The Morgan fingerprint density at radius 1 is 1.18 bits per heavy atom. The number of hydrogen-bond donors (Lipinski definition) is 1. The molecular formula is C17H20N6O3S2.